The van der Waals surface area contributed by atoms with Gasteiger partial charge in [0.15, 0.2) is 0 Å². The fraction of sp³-hybridized carbons (Fsp3) is 0.600. The molecule has 0 aliphatic carbocycles. The van der Waals surface area contributed by atoms with Crippen molar-refractivity contribution in [3.63, 3.8) is 0 Å². The minimum Gasteiger partial charge on any atom is -0.314 e. The molecule has 1 N–H and O–H groups in total. The van der Waals surface area contributed by atoms with E-state index in [1.54, 1.807) is 0 Å². The van der Waals surface area contributed by atoms with Gasteiger partial charge >= 0.3 is 0 Å². The summed E-state index contributed by atoms with van der Waals surface area (Å²) < 4.78 is 1.28. The maximum atomic E-state index is 3.57. The topological polar surface area (TPSA) is 15.3 Å². The van der Waals surface area contributed by atoms with Gasteiger partial charge in [0.05, 0.1) is 0 Å². The standard InChI is InChI=1S/C10H15BrN2S/c11-9-2-8-14-10(9)1-5-13-6-3-12-4-7-13/h2,8,12H,1,3-7H2. The Morgan fingerprint density at radius 2 is 2.21 bits per heavy atom. The van der Waals surface area contributed by atoms with E-state index in [-0.39, 0.29) is 0 Å². The third-order valence-corrected chi connectivity index (χ3v) is 4.54. The fourth-order valence-corrected chi connectivity index (χ4v) is 3.24. The average molecular weight is 275 g/mol. The number of piperazine rings is 1. The lowest BCUT2D eigenvalue weighted by Crippen LogP contribution is -2.44. The Balaban J connectivity index is 1.79. The van der Waals surface area contributed by atoms with E-state index in [9.17, 15) is 0 Å². The van der Waals surface area contributed by atoms with Gasteiger partial charge in [0.1, 0.15) is 0 Å². The molecule has 1 aromatic rings. The van der Waals surface area contributed by atoms with Gasteiger partial charge in [-0.1, -0.05) is 0 Å². The first-order valence-corrected chi connectivity index (χ1v) is 6.68. The molecule has 0 atom stereocenters. The van der Waals surface area contributed by atoms with Crippen LogP contribution in [0.5, 0.6) is 0 Å². The summed E-state index contributed by atoms with van der Waals surface area (Å²) in [4.78, 5) is 4.01. The van der Waals surface area contributed by atoms with Crippen LogP contribution < -0.4 is 5.32 Å². The van der Waals surface area contributed by atoms with Gasteiger partial charge in [0.2, 0.25) is 0 Å². The molecule has 2 heterocycles. The smallest absolute Gasteiger partial charge is 0.0314 e. The largest absolute Gasteiger partial charge is 0.314 e. The Labute approximate surface area is 97.4 Å². The van der Waals surface area contributed by atoms with Crippen LogP contribution in [0.25, 0.3) is 0 Å². The van der Waals surface area contributed by atoms with Crippen molar-refractivity contribution in [2.75, 3.05) is 32.7 Å². The number of nitrogens with zero attached hydrogens (tertiary/aromatic N) is 1. The molecule has 0 saturated carbocycles. The molecule has 1 aliphatic rings. The molecule has 0 unspecified atom stereocenters. The SMILES string of the molecule is Brc1ccsc1CCN1CCNCC1. The number of halogens is 1. The fourth-order valence-electron chi connectivity index (χ4n) is 1.70. The monoisotopic (exact) mass is 274 g/mol. The minimum absolute atomic E-state index is 1.14. The van der Waals surface area contributed by atoms with Gasteiger partial charge in [0, 0.05) is 42.1 Å². The third kappa shape index (κ3) is 2.79. The van der Waals surface area contributed by atoms with Gasteiger partial charge in [0.25, 0.3) is 0 Å². The number of thiophene rings is 1. The molecule has 1 fully saturated rings. The van der Waals surface area contributed by atoms with Gasteiger partial charge in [-0.3, -0.25) is 0 Å². The van der Waals surface area contributed by atoms with Gasteiger partial charge < -0.3 is 10.2 Å². The van der Waals surface area contributed by atoms with Crippen molar-refractivity contribution in [1.29, 1.82) is 0 Å². The van der Waals surface area contributed by atoms with Crippen molar-refractivity contribution in [2.45, 2.75) is 6.42 Å². The van der Waals surface area contributed by atoms with Crippen LogP contribution in [0.1, 0.15) is 4.88 Å². The molecule has 2 nitrogen and oxygen atoms in total. The van der Waals surface area contributed by atoms with Crippen LogP contribution in [0, 0.1) is 0 Å². The maximum absolute atomic E-state index is 3.57. The lowest BCUT2D eigenvalue weighted by molar-refractivity contribution is 0.244. The van der Waals surface area contributed by atoms with Crippen LogP contribution in [0.2, 0.25) is 0 Å². The highest BCUT2D eigenvalue weighted by Gasteiger charge is 2.10. The summed E-state index contributed by atoms with van der Waals surface area (Å²) in [6, 6.07) is 2.14. The molecule has 14 heavy (non-hydrogen) atoms. The number of hydrogen-bond donors (Lipinski definition) is 1. The van der Waals surface area contributed by atoms with Crippen molar-refractivity contribution >= 4 is 27.3 Å². The zero-order valence-electron chi connectivity index (χ0n) is 8.13. The van der Waals surface area contributed by atoms with E-state index >= 15 is 0 Å². The van der Waals surface area contributed by atoms with E-state index in [1.165, 1.54) is 35.4 Å². The summed E-state index contributed by atoms with van der Waals surface area (Å²) in [5.74, 6) is 0. The number of rotatable bonds is 3. The number of hydrogen-bond acceptors (Lipinski definition) is 3. The average Bonchev–Trinajstić information content (AvgIpc) is 2.63. The molecule has 78 valence electrons. The van der Waals surface area contributed by atoms with Crippen LogP contribution in [0.4, 0.5) is 0 Å². The van der Waals surface area contributed by atoms with Crippen LogP contribution in [-0.2, 0) is 6.42 Å². The predicted molar refractivity (Wildman–Crippen MR) is 65.0 cm³/mol. The molecule has 4 heteroatoms. The Kier molecular flexibility index (Phi) is 3.99. The second kappa shape index (κ2) is 5.26. The molecule has 0 radical (unpaired) electrons. The Hall–Kier alpha value is 0.1000. The lowest BCUT2D eigenvalue weighted by Gasteiger charge is -2.26. The van der Waals surface area contributed by atoms with Crippen molar-refractivity contribution in [3.8, 4) is 0 Å². The summed E-state index contributed by atoms with van der Waals surface area (Å²) in [6.45, 7) is 5.88. The Bertz CT molecular complexity index is 281. The Morgan fingerprint density at radius 3 is 2.86 bits per heavy atom. The zero-order chi connectivity index (χ0) is 9.80. The third-order valence-electron chi connectivity index (χ3n) is 2.56. The van der Waals surface area contributed by atoms with Crippen molar-refractivity contribution in [1.82, 2.24) is 10.2 Å². The first-order chi connectivity index (χ1) is 6.86. The van der Waals surface area contributed by atoms with Crippen LogP contribution in [0.15, 0.2) is 15.9 Å². The highest BCUT2D eigenvalue weighted by atomic mass is 79.9. The highest BCUT2D eigenvalue weighted by Crippen LogP contribution is 2.23. The molecular weight excluding hydrogens is 260 g/mol. The van der Waals surface area contributed by atoms with E-state index in [0.717, 1.165) is 13.1 Å². The molecule has 2 rings (SSSR count). The van der Waals surface area contributed by atoms with Crippen molar-refractivity contribution in [3.05, 3.63) is 20.8 Å². The Morgan fingerprint density at radius 1 is 1.43 bits per heavy atom. The molecule has 1 aromatic heterocycles. The molecule has 1 aliphatic heterocycles. The lowest BCUT2D eigenvalue weighted by atomic mass is 10.3. The summed E-state index contributed by atoms with van der Waals surface area (Å²) in [6.07, 6.45) is 1.18. The van der Waals surface area contributed by atoms with Crippen molar-refractivity contribution in [2.24, 2.45) is 0 Å². The highest BCUT2D eigenvalue weighted by molar-refractivity contribution is 9.10. The molecule has 0 spiro atoms. The van der Waals surface area contributed by atoms with Gasteiger partial charge in [-0.05, 0) is 33.8 Å². The van der Waals surface area contributed by atoms with Crippen LogP contribution >= 0.6 is 27.3 Å². The molecule has 0 bridgehead atoms. The van der Waals surface area contributed by atoms with Gasteiger partial charge in [-0.2, -0.15) is 0 Å². The summed E-state index contributed by atoms with van der Waals surface area (Å²) in [5, 5.41) is 5.52. The second-order valence-corrected chi connectivity index (χ2v) is 5.39. The van der Waals surface area contributed by atoms with E-state index in [0.29, 0.717) is 0 Å². The zero-order valence-corrected chi connectivity index (χ0v) is 10.5. The first-order valence-electron chi connectivity index (χ1n) is 5.01. The molecule has 0 aromatic carbocycles. The van der Waals surface area contributed by atoms with E-state index in [4.69, 9.17) is 0 Å². The van der Waals surface area contributed by atoms with E-state index in [1.807, 2.05) is 11.3 Å². The van der Waals surface area contributed by atoms with E-state index in [2.05, 4.69) is 37.6 Å². The predicted octanol–water partition coefficient (Wildman–Crippen LogP) is 1.96. The number of nitrogens with one attached hydrogen (secondary N) is 1. The summed E-state index contributed by atoms with van der Waals surface area (Å²) in [5.41, 5.74) is 0. The van der Waals surface area contributed by atoms with Crippen molar-refractivity contribution < 1.29 is 0 Å². The normalized spacial score (nSPS) is 18.6. The summed E-state index contributed by atoms with van der Waals surface area (Å²) >= 11 is 5.42. The minimum atomic E-state index is 1.14. The van der Waals surface area contributed by atoms with Gasteiger partial charge in [-0.15, -0.1) is 11.3 Å². The maximum Gasteiger partial charge on any atom is 0.0314 e. The van der Waals surface area contributed by atoms with E-state index < -0.39 is 0 Å². The van der Waals surface area contributed by atoms with Crippen LogP contribution in [0.3, 0.4) is 0 Å². The van der Waals surface area contributed by atoms with Gasteiger partial charge in [-0.25, -0.2) is 0 Å². The second-order valence-electron chi connectivity index (χ2n) is 3.53. The molecule has 0 amide bonds. The first kappa shape index (κ1) is 10.6. The molecular formula is C10H15BrN2S. The summed E-state index contributed by atoms with van der Waals surface area (Å²) in [7, 11) is 0. The quantitative estimate of drug-likeness (QED) is 0.907. The molecule has 1 saturated heterocycles. The van der Waals surface area contributed by atoms with Crippen LogP contribution in [-0.4, -0.2) is 37.6 Å².